The van der Waals surface area contributed by atoms with Gasteiger partial charge in [0.1, 0.15) is 11.9 Å². The van der Waals surface area contributed by atoms with Crippen molar-refractivity contribution in [3.63, 3.8) is 0 Å². The number of carboxylic acid groups (broad SMARTS) is 1. The number of carboxylic acids is 1. The third-order valence-electron chi connectivity index (χ3n) is 2.88. The lowest BCUT2D eigenvalue weighted by molar-refractivity contribution is -0.139. The third kappa shape index (κ3) is 5.97. The summed E-state index contributed by atoms with van der Waals surface area (Å²) in [6, 6.07) is 4.94. The number of anilines is 1. The molecular formula is C16H21NO5. The second kappa shape index (κ2) is 8.84. The SMILES string of the molecule is C=CCCOC(C)C(=O)Nc1ccc(OCC(=O)O)cc1C. The fraction of sp³-hybridized carbons (Fsp3) is 0.375. The summed E-state index contributed by atoms with van der Waals surface area (Å²) >= 11 is 0. The fourth-order valence-corrected chi connectivity index (χ4v) is 1.65. The zero-order valence-corrected chi connectivity index (χ0v) is 12.8. The minimum Gasteiger partial charge on any atom is -0.482 e. The van der Waals surface area contributed by atoms with Gasteiger partial charge in [-0.3, -0.25) is 4.79 Å². The molecule has 0 saturated carbocycles. The number of ether oxygens (including phenoxy) is 2. The molecule has 0 saturated heterocycles. The van der Waals surface area contributed by atoms with Gasteiger partial charge in [0.15, 0.2) is 6.61 Å². The molecule has 1 unspecified atom stereocenters. The van der Waals surface area contributed by atoms with Crippen molar-refractivity contribution >= 4 is 17.6 Å². The van der Waals surface area contributed by atoms with Gasteiger partial charge in [0, 0.05) is 5.69 Å². The summed E-state index contributed by atoms with van der Waals surface area (Å²) in [5.41, 5.74) is 1.40. The van der Waals surface area contributed by atoms with Gasteiger partial charge in [-0.25, -0.2) is 4.79 Å². The minimum absolute atomic E-state index is 0.244. The number of aliphatic carboxylic acids is 1. The first-order valence-electron chi connectivity index (χ1n) is 6.92. The van der Waals surface area contributed by atoms with Crippen LogP contribution in [0.5, 0.6) is 5.75 Å². The molecule has 6 nitrogen and oxygen atoms in total. The molecule has 0 radical (unpaired) electrons. The quantitative estimate of drug-likeness (QED) is 0.540. The van der Waals surface area contributed by atoms with E-state index in [4.69, 9.17) is 14.6 Å². The molecule has 0 aliphatic rings. The Morgan fingerprint density at radius 2 is 2.18 bits per heavy atom. The topological polar surface area (TPSA) is 84.9 Å². The summed E-state index contributed by atoms with van der Waals surface area (Å²) in [6.07, 6.45) is 1.85. The van der Waals surface area contributed by atoms with Crippen LogP contribution in [0.1, 0.15) is 18.9 Å². The van der Waals surface area contributed by atoms with E-state index >= 15 is 0 Å². The van der Waals surface area contributed by atoms with Crippen LogP contribution in [0.25, 0.3) is 0 Å². The minimum atomic E-state index is -1.04. The Hall–Kier alpha value is -2.34. The maximum Gasteiger partial charge on any atom is 0.341 e. The molecule has 0 fully saturated rings. The van der Waals surface area contributed by atoms with Crippen LogP contribution in [0.4, 0.5) is 5.69 Å². The van der Waals surface area contributed by atoms with E-state index in [9.17, 15) is 9.59 Å². The molecule has 1 amide bonds. The van der Waals surface area contributed by atoms with E-state index in [1.54, 1.807) is 38.1 Å². The van der Waals surface area contributed by atoms with Crippen molar-refractivity contribution < 1.29 is 24.2 Å². The Morgan fingerprint density at radius 3 is 2.77 bits per heavy atom. The molecule has 0 aromatic heterocycles. The van der Waals surface area contributed by atoms with Gasteiger partial charge in [0.25, 0.3) is 5.91 Å². The molecule has 0 spiro atoms. The molecule has 6 heteroatoms. The van der Waals surface area contributed by atoms with Gasteiger partial charge < -0.3 is 19.9 Å². The number of amides is 1. The van der Waals surface area contributed by atoms with E-state index in [0.717, 1.165) is 5.56 Å². The summed E-state index contributed by atoms with van der Waals surface area (Å²) in [7, 11) is 0. The molecule has 120 valence electrons. The number of nitrogens with one attached hydrogen (secondary N) is 1. The van der Waals surface area contributed by atoms with Crippen molar-refractivity contribution in [2.75, 3.05) is 18.5 Å². The van der Waals surface area contributed by atoms with Gasteiger partial charge in [-0.05, 0) is 44.0 Å². The molecule has 0 aliphatic heterocycles. The Bertz CT molecular complexity index is 541. The average molecular weight is 307 g/mol. The predicted molar refractivity (Wildman–Crippen MR) is 83.2 cm³/mol. The summed E-state index contributed by atoms with van der Waals surface area (Å²) in [5, 5.41) is 11.3. The summed E-state index contributed by atoms with van der Waals surface area (Å²) in [5.74, 6) is -0.847. The highest BCUT2D eigenvalue weighted by Gasteiger charge is 2.14. The summed E-state index contributed by atoms with van der Waals surface area (Å²) < 4.78 is 10.4. The number of benzene rings is 1. The zero-order chi connectivity index (χ0) is 16.5. The van der Waals surface area contributed by atoms with Crippen LogP contribution in [0.2, 0.25) is 0 Å². The van der Waals surface area contributed by atoms with E-state index in [0.29, 0.717) is 24.5 Å². The molecular weight excluding hydrogens is 286 g/mol. The lowest BCUT2D eigenvalue weighted by Gasteiger charge is -2.15. The van der Waals surface area contributed by atoms with Crippen LogP contribution >= 0.6 is 0 Å². The molecule has 1 atom stereocenters. The second-order valence-electron chi connectivity index (χ2n) is 4.74. The van der Waals surface area contributed by atoms with Gasteiger partial charge >= 0.3 is 5.97 Å². The highest BCUT2D eigenvalue weighted by Crippen LogP contribution is 2.21. The standard InChI is InChI=1S/C16H21NO5/c1-4-5-8-21-12(3)16(20)17-14-7-6-13(9-11(14)2)22-10-15(18)19/h4,6-7,9,12H,1,5,8,10H2,2-3H3,(H,17,20)(H,18,19). The Balaban J connectivity index is 2.59. The third-order valence-corrected chi connectivity index (χ3v) is 2.88. The van der Waals surface area contributed by atoms with E-state index in [2.05, 4.69) is 11.9 Å². The Kier molecular flexibility index (Phi) is 7.12. The zero-order valence-electron chi connectivity index (χ0n) is 12.8. The highest BCUT2D eigenvalue weighted by atomic mass is 16.5. The first-order valence-corrected chi connectivity index (χ1v) is 6.92. The van der Waals surface area contributed by atoms with E-state index < -0.39 is 18.7 Å². The van der Waals surface area contributed by atoms with Crippen molar-refractivity contribution in [3.8, 4) is 5.75 Å². The number of hydrogen-bond donors (Lipinski definition) is 2. The number of carbonyl (C=O) groups excluding carboxylic acids is 1. The number of rotatable bonds is 9. The maximum atomic E-state index is 12.0. The molecule has 1 aromatic carbocycles. The van der Waals surface area contributed by atoms with Crippen LogP contribution in [0.3, 0.4) is 0 Å². The van der Waals surface area contributed by atoms with Crippen LogP contribution in [-0.2, 0) is 14.3 Å². The van der Waals surface area contributed by atoms with Gasteiger partial charge in [0.2, 0.25) is 0 Å². The van der Waals surface area contributed by atoms with Gasteiger partial charge in [0.05, 0.1) is 6.61 Å². The summed E-state index contributed by atoms with van der Waals surface area (Å²) in [6.45, 7) is 7.10. The molecule has 0 aliphatic carbocycles. The number of carbonyl (C=O) groups is 2. The van der Waals surface area contributed by atoms with Crippen LogP contribution < -0.4 is 10.1 Å². The smallest absolute Gasteiger partial charge is 0.341 e. The van der Waals surface area contributed by atoms with Crippen LogP contribution in [0.15, 0.2) is 30.9 Å². The molecule has 1 rings (SSSR count). The number of aryl methyl sites for hydroxylation is 1. The summed E-state index contributed by atoms with van der Waals surface area (Å²) in [4.78, 5) is 22.4. The van der Waals surface area contributed by atoms with Crippen LogP contribution in [-0.4, -0.2) is 36.3 Å². The van der Waals surface area contributed by atoms with Crippen molar-refractivity contribution in [2.45, 2.75) is 26.4 Å². The van der Waals surface area contributed by atoms with E-state index in [1.807, 2.05) is 0 Å². The Morgan fingerprint density at radius 1 is 1.45 bits per heavy atom. The van der Waals surface area contributed by atoms with Crippen LogP contribution in [0, 0.1) is 6.92 Å². The molecule has 0 heterocycles. The highest BCUT2D eigenvalue weighted by molar-refractivity contribution is 5.94. The Labute approximate surface area is 129 Å². The average Bonchev–Trinajstić information content (AvgIpc) is 2.47. The van der Waals surface area contributed by atoms with Gasteiger partial charge in [-0.2, -0.15) is 0 Å². The first-order chi connectivity index (χ1) is 10.4. The normalized spacial score (nSPS) is 11.5. The number of hydrogen-bond acceptors (Lipinski definition) is 4. The molecule has 2 N–H and O–H groups in total. The van der Waals surface area contributed by atoms with Crippen molar-refractivity contribution in [1.29, 1.82) is 0 Å². The fourth-order valence-electron chi connectivity index (χ4n) is 1.65. The molecule has 0 bridgehead atoms. The lowest BCUT2D eigenvalue weighted by Crippen LogP contribution is -2.28. The lowest BCUT2D eigenvalue weighted by atomic mass is 10.2. The van der Waals surface area contributed by atoms with Crippen molar-refractivity contribution in [2.24, 2.45) is 0 Å². The molecule has 22 heavy (non-hydrogen) atoms. The largest absolute Gasteiger partial charge is 0.482 e. The first kappa shape index (κ1) is 17.7. The van der Waals surface area contributed by atoms with Gasteiger partial charge in [-0.1, -0.05) is 6.08 Å². The van der Waals surface area contributed by atoms with Crippen molar-refractivity contribution in [3.05, 3.63) is 36.4 Å². The van der Waals surface area contributed by atoms with E-state index in [-0.39, 0.29) is 5.91 Å². The predicted octanol–water partition coefficient (Wildman–Crippen LogP) is 2.38. The maximum absolute atomic E-state index is 12.0. The molecule has 1 aromatic rings. The second-order valence-corrected chi connectivity index (χ2v) is 4.74. The monoisotopic (exact) mass is 307 g/mol. The van der Waals surface area contributed by atoms with Crippen molar-refractivity contribution in [1.82, 2.24) is 0 Å². The van der Waals surface area contributed by atoms with Gasteiger partial charge in [-0.15, -0.1) is 6.58 Å². The van der Waals surface area contributed by atoms with E-state index in [1.165, 1.54) is 0 Å².